The van der Waals surface area contributed by atoms with E-state index in [4.69, 9.17) is 10.0 Å². The van der Waals surface area contributed by atoms with Crippen molar-refractivity contribution in [2.75, 3.05) is 0 Å². The van der Waals surface area contributed by atoms with Crippen LogP contribution in [-0.2, 0) is 0 Å². The van der Waals surface area contributed by atoms with Gasteiger partial charge in [0.25, 0.3) is 0 Å². The van der Waals surface area contributed by atoms with Gasteiger partial charge < -0.3 is 10.0 Å². The van der Waals surface area contributed by atoms with Gasteiger partial charge in [-0.15, -0.1) is 0 Å². The van der Waals surface area contributed by atoms with Crippen molar-refractivity contribution in [3.63, 3.8) is 0 Å². The van der Waals surface area contributed by atoms with Gasteiger partial charge in [-0.2, -0.15) is 0 Å². The standard InChI is InChI=1S/C10H13BFNO2/c1-7(12)10(11(14)15)9-5-3-4-6-13-8(9)2/h3,5-6,14-15H,4H2,1-2H3/b10-7-. The molecule has 0 fully saturated rings. The van der Waals surface area contributed by atoms with Crippen molar-refractivity contribution in [1.82, 2.24) is 0 Å². The minimum atomic E-state index is -1.82. The summed E-state index contributed by atoms with van der Waals surface area (Å²) in [7, 11) is -1.82. The quantitative estimate of drug-likeness (QED) is 0.677. The van der Waals surface area contributed by atoms with Crippen molar-refractivity contribution in [1.29, 1.82) is 0 Å². The van der Waals surface area contributed by atoms with Gasteiger partial charge in [-0.1, -0.05) is 12.2 Å². The van der Waals surface area contributed by atoms with E-state index in [1.54, 1.807) is 25.3 Å². The lowest BCUT2D eigenvalue weighted by Gasteiger charge is -2.09. The molecule has 1 aliphatic rings. The number of halogens is 1. The molecule has 1 heterocycles. The number of hydrogen-bond donors (Lipinski definition) is 2. The number of nitrogens with zero attached hydrogens (tertiary/aromatic N) is 1. The van der Waals surface area contributed by atoms with E-state index in [1.807, 2.05) is 0 Å². The third-order valence-corrected chi connectivity index (χ3v) is 2.12. The van der Waals surface area contributed by atoms with Crippen LogP contribution in [0, 0.1) is 0 Å². The largest absolute Gasteiger partial charge is 0.491 e. The summed E-state index contributed by atoms with van der Waals surface area (Å²) in [5, 5.41) is 18.2. The highest BCUT2D eigenvalue weighted by Gasteiger charge is 2.23. The van der Waals surface area contributed by atoms with E-state index < -0.39 is 12.9 Å². The summed E-state index contributed by atoms with van der Waals surface area (Å²) in [6.45, 7) is 2.89. The van der Waals surface area contributed by atoms with Crippen molar-refractivity contribution < 1.29 is 14.4 Å². The van der Waals surface area contributed by atoms with Gasteiger partial charge in [-0.3, -0.25) is 4.99 Å². The average molecular weight is 209 g/mol. The Hall–Kier alpha value is -1.20. The lowest BCUT2D eigenvalue weighted by molar-refractivity contribution is 0.417. The maximum absolute atomic E-state index is 13.1. The molecule has 3 nitrogen and oxygen atoms in total. The molecule has 0 aromatic rings. The van der Waals surface area contributed by atoms with Crippen molar-refractivity contribution in [2.45, 2.75) is 20.3 Å². The van der Waals surface area contributed by atoms with Crippen LogP contribution in [0.25, 0.3) is 0 Å². The molecule has 0 atom stereocenters. The monoisotopic (exact) mass is 209 g/mol. The Morgan fingerprint density at radius 3 is 2.73 bits per heavy atom. The molecule has 0 saturated heterocycles. The summed E-state index contributed by atoms with van der Waals surface area (Å²) in [4.78, 5) is 4.06. The molecule has 0 bridgehead atoms. The number of aliphatic imine (C=N–C) groups is 1. The second-order valence-electron chi connectivity index (χ2n) is 3.27. The van der Waals surface area contributed by atoms with E-state index in [-0.39, 0.29) is 5.47 Å². The maximum Gasteiger partial charge on any atom is 0.491 e. The molecular weight excluding hydrogens is 196 g/mol. The third kappa shape index (κ3) is 2.87. The molecule has 0 radical (unpaired) electrons. The SMILES string of the molecule is CC1=C(/C(B(O)O)=C(\C)F)C=CCC=N1. The normalized spacial score (nSPS) is 17.7. The Morgan fingerprint density at radius 1 is 1.53 bits per heavy atom. The molecular formula is C10H13BFNO2. The highest BCUT2D eigenvalue weighted by molar-refractivity contribution is 6.52. The first kappa shape index (κ1) is 11.9. The Balaban J connectivity index is 3.25. The second kappa shape index (κ2) is 5.05. The first-order valence-electron chi connectivity index (χ1n) is 4.66. The van der Waals surface area contributed by atoms with Crippen LogP contribution in [0.4, 0.5) is 4.39 Å². The van der Waals surface area contributed by atoms with Gasteiger partial charge in [-0.25, -0.2) is 4.39 Å². The van der Waals surface area contributed by atoms with Crippen LogP contribution in [0.3, 0.4) is 0 Å². The van der Waals surface area contributed by atoms with Crippen molar-refractivity contribution in [3.8, 4) is 0 Å². The fourth-order valence-corrected chi connectivity index (χ4v) is 1.41. The molecule has 2 N–H and O–H groups in total. The van der Waals surface area contributed by atoms with E-state index in [1.165, 1.54) is 6.92 Å². The second-order valence-corrected chi connectivity index (χ2v) is 3.27. The van der Waals surface area contributed by atoms with Crippen LogP contribution in [0.15, 0.2) is 39.7 Å². The van der Waals surface area contributed by atoms with Gasteiger partial charge in [0.2, 0.25) is 0 Å². The Kier molecular flexibility index (Phi) is 4.00. The van der Waals surface area contributed by atoms with Crippen molar-refractivity contribution in [2.24, 2.45) is 4.99 Å². The fraction of sp³-hybridized carbons (Fsp3) is 0.300. The van der Waals surface area contributed by atoms with Crippen LogP contribution < -0.4 is 0 Å². The summed E-state index contributed by atoms with van der Waals surface area (Å²) in [6, 6.07) is 0. The maximum atomic E-state index is 13.1. The van der Waals surface area contributed by atoms with Gasteiger partial charge >= 0.3 is 7.12 Å². The van der Waals surface area contributed by atoms with Crippen LogP contribution >= 0.6 is 0 Å². The van der Waals surface area contributed by atoms with Gasteiger partial charge in [0.1, 0.15) is 0 Å². The van der Waals surface area contributed by atoms with E-state index >= 15 is 0 Å². The zero-order chi connectivity index (χ0) is 11.4. The van der Waals surface area contributed by atoms with Crippen molar-refractivity contribution >= 4 is 13.3 Å². The zero-order valence-electron chi connectivity index (χ0n) is 8.74. The highest BCUT2D eigenvalue weighted by Crippen LogP contribution is 2.23. The summed E-state index contributed by atoms with van der Waals surface area (Å²) < 4.78 is 13.1. The Bertz CT molecular complexity index is 366. The molecule has 80 valence electrons. The summed E-state index contributed by atoms with van der Waals surface area (Å²) in [5.74, 6) is -0.610. The molecule has 0 unspecified atom stereocenters. The summed E-state index contributed by atoms with van der Waals surface area (Å²) in [5.41, 5.74) is 0.880. The van der Waals surface area contributed by atoms with E-state index in [9.17, 15) is 4.39 Å². The van der Waals surface area contributed by atoms with Crippen LogP contribution in [0.2, 0.25) is 0 Å². The number of rotatable bonds is 2. The predicted octanol–water partition coefficient (Wildman–Crippen LogP) is 1.55. The molecule has 0 spiro atoms. The molecule has 1 rings (SSSR count). The van der Waals surface area contributed by atoms with Crippen molar-refractivity contribution in [3.05, 3.63) is 34.7 Å². The molecule has 0 amide bonds. The summed E-state index contributed by atoms with van der Waals surface area (Å²) in [6.07, 6.45) is 5.79. The van der Waals surface area contributed by atoms with E-state index in [0.717, 1.165) is 0 Å². The molecule has 0 aromatic carbocycles. The van der Waals surface area contributed by atoms with Crippen LogP contribution in [-0.4, -0.2) is 23.4 Å². The Morgan fingerprint density at radius 2 is 2.20 bits per heavy atom. The average Bonchev–Trinajstić information content (AvgIpc) is 2.31. The Labute approximate surface area is 88.5 Å². The minimum absolute atomic E-state index is 0.122. The molecule has 15 heavy (non-hydrogen) atoms. The third-order valence-electron chi connectivity index (χ3n) is 2.12. The zero-order valence-corrected chi connectivity index (χ0v) is 8.74. The predicted molar refractivity (Wildman–Crippen MR) is 58.9 cm³/mol. The molecule has 5 heteroatoms. The molecule has 0 aromatic heterocycles. The smallest absolute Gasteiger partial charge is 0.423 e. The lowest BCUT2D eigenvalue weighted by atomic mass is 9.73. The van der Waals surface area contributed by atoms with Crippen LogP contribution in [0.5, 0.6) is 0 Å². The topological polar surface area (TPSA) is 52.8 Å². The van der Waals surface area contributed by atoms with Gasteiger partial charge in [0.15, 0.2) is 0 Å². The van der Waals surface area contributed by atoms with E-state index in [2.05, 4.69) is 4.99 Å². The van der Waals surface area contributed by atoms with Crippen LogP contribution in [0.1, 0.15) is 20.3 Å². The molecule has 1 aliphatic heterocycles. The minimum Gasteiger partial charge on any atom is -0.423 e. The van der Waals surface area contributed by atoms with Gasteiger partial charge in [-0.05, 0) is 19.4 Å². The molecule has 0 aliphatic carbocycles. The highest BCUT2D eigenvalue weighted by atomic mass is 19.1. The van der Waals surface area contributed by atoms with E-state index in [0.29, 0.717) is 17.7 Å². The first-order valence-corrected chi connectivity index (χ1v) is 4.66. The van der Waals surface area contributed by atoms with Gasteiger partial charge in [0, 0.05) is 23.8 Å². The lowest BCUT2D eigenvalue weighted by Crippen LogP contribution is -2.18. The number of hydrogen-bond acceptors (Lipinski definition) is 3. The van der Waals surface area contributed by atoms with Gasteiger partial charge in [0.05, 0.1) is 5.83 Å². The summed E-state index contributed by atoms with van der Waals surface area (Å²) >= 11 is 0. The first-order chi connectivity index (χ1) is 7.04. The number of allylic oxidation sites excluding steroid dienone is 6. The molecule has 0 saturated carbocycles. The fourth-order valence-electron chi connectivity index (χ4n) is 1.41.